The molecule has 1 aromatic heterocycles. The Morgan fingerprint density at radius 1 is 1.19 bits per heavy atom. The number of para-hydroxylation sites is 1. The van der Waals surface area contributed by atoms with Crippen LogP contribution < -0.4 is 0 Å². The average Bonchev–Trinajstić information content (AvgIpc) is 3.00. The number of aliphatic hydroxyl groups is 1. The predicted octanol–water partition coefficient (Wildman–Crippen LogP) is 2.89. The molecule has 136 valence electrons. The van der Waals surface area contributed by atoms with E-state index in [1.54, 1.807) is 13.0 Å². The summed E-state index contributed by atoms with van der Waals surface area (Å²) in [7, 11) is -3.70. The van der Waals surface area contributed by atoms with Crippen molar-refractivity contribution in [2.24, 2.45) is 0 Å². The number of rotatable bonds is 3. The van der Waals surface area contributed by atoms with Crippen molar-refractivity contribution in [3.05, 3.63) is 64.8 Å². The lowest BCUT2D eigenvalue weighted by Crippen LogP contribution is -2.46. The first kappa shape index (κ1) is 17.3. The number of nitrogens with one attached hydrogen (secondary N) is 1. The van der Waals surface area contributed by atoms with Crippen LogP contribution in [0.25, 0.3) is 10.9 Å². The lowest BCUT2D eigenvalue weighted by molar-refractivity contribution is 0.173. The molecular formula is C20H22N2O3S. The molecular weight excluding hydrogens is 348 g/mol. The third-order valence-electron chi connectivity index (χ3n) is 5.20. The highest BCUT2D eigenvalue weighted by atomic mass is 32.2. The molecule has 0 saturated heterocycles. The van der Waals surface area contributed by atoms with Crippen molar-refractivity contribution in [2.45, 2.75) is 37.8 Å². The van der Waals surface area contributed by atoms with Gasteiger partial charge in [0.1, 0.15) is 0 Å². The Labute approximate surface area is 153 Å². The van der Waals surface area contributed by atoms with E-state index in [0.717, 1.165) is 33.3 Å². The second-order valence-corrected chi connectivity index (χ2v) is 8.85. The second-order valence-electron chi connectivity index (χ2n) is 6.99. The average molecular weight is 370 g/mol. The number of aromatic nitrogens is 1. The van der Waals surface area contributed by atoms with Gasteiger partial charge in [0.25, 0.3) is 0 Å². The molecule has 4 rings (SSSR count). The van der Waals surface area contributed by atoms with Gasteiger partial charge in [-0.2, -0.15) is 4.31 Å². The molecule has 6 heteroatoms. The summed E-state index contributed by atoms with van der Waals surface area (Å²) in [5.41, 5.74) is 4.63. The van der Waals surface area contributed by atoms with E-state index in [0.29, 0.717) is 11.3 Å². The van der Waals surface area contributed by atoms with Crippen LogP contribution in [0.2, 0.25) is 0 Å². The smallest absolute Gasteiger partial charge is 0.244 e. The summed E-state index contributed by atoms with van der Waals surface area (Å²) in [5.74, 6) is 0. The molecule has 0 aliphatic carbocycles. The number of nitrogens with zero attached hydrogens (tertiary/aromatic N) is 1. The Morgan fingerprint density at radius 2 is 1.96 bits per heavy atom. The van der Waals surface area contributed by atoms with Crippen molar-refractivity contribution in [3.8, 4) is 0 Å². The summed E-state index contributed by atoms with van der Waals surface area (Å²) in [5, 5.41) is 11.0. The number of aliphatic hydroxyl groups excluding tert-OH is 1. The first-order valence-electron chi connectivity index (χ1n) is 8.70. The number of hydrogen-bond acceptors (Lipinski definition) is 3. The van der Waals surface area contributed by atoms with Crippen LogP contribution in [0, 0.1) is 13.8 Å². The fraction of sp³-hybridized carbons (Fsp3) is 0.300. The van der Waals surface area contributed by atoms with Crippen LogP contribution in [0.3, 0.4) is 0 Å². The van der Waals surface area contributed by atoms with Gasteiger partial charge in [0.2, 0.25) is 10.0 Å². The summed E-state index contributed by atoms with van der Waals surface area (Å²) >= 11 is 0. The predicted molar refractivity (Wildman–Crippen MR) is 102 cm³/mol. The van der Waals surface area contributed by atoms with E-state index in [4.69, 9.17) is 0 Å². The molecule has 0 bridgehead atoms. The number of aryl methyl sites for hydroxylation is 2. The largest absolute Gasteiger partial charge is 0.395 e. The molecule has 2 heterocycles. The van der Waals surface area contributed by atoms with Gasteiger partial charge in [-0.05, 0) is 49.1 Å². The van der Waals surface area contributed by atoms with Crippen LogP contribution in [-0.4, -0.2) is 35.5 Å². The molecule has 1 unspecified atom stereocenters. The minimum atomic E-state index is -3.70. The van der Waals surface area contributed by atoms with E-state index in [-0.39, 0.29) is 13.2 Å². The maximum atomic E-state index is 13.4. The number of hydrogen-bond donors (Lipinski definition) is 2. The van der Waals surface area contributed by atoms with Crippen molar-refractivity contribution >= 4 is 20.9 Å². The van der Waals surface area contributed by atoms with Crippen LogP contribution >= 0.6 is 0 Å². The highest BCUT2D eigenvalue weighted by molar-refractivity contribution is 7.89. The fourth-order valence-corrected chi connectivity index (χ4v) is 5.69. The van der Waals surface area contributed by atoms with Gasteiger partial charge >= 0.3 is 0 Å². The lowest BCUT2D eigenvalue weighted by atomic mass is 9.99. The standard InChI is InChI=1S/C20H22N2O3S/c1-13-7-8-14(2)20(9-13)26(24,25)22-11-19-17(10-15(22)12-23)16-5-3-4-6-18(16)21-19/h3-9,15,21,23H,10-12H2,1-2H3. The second kappa shape index (κ2) is 6.23. The summed E-state index contributed by atoms with van der Waals surface area (Å²) in [6, 6.07) is 12.9. The Hall–Kier alpha value is -2.15. The van der Waals surface area contributed by atoms with Crippen LogP contribution in [0.4, 0.5) is 0 Å². The number of fused-ring (bicyclic) bond motifs is 3. The zero-order valence-corrected chi connectivity index (χ0v) is 15.7. The SMILES string of the molecule is Cc1ccc(C)c(S(=O)(=O)N2Cc3[nH]c4ccccc4c3CC2CO)c1. The normalized spacial score (nSPS) is 18.2. The van der Waals surface area contributed by atoms with E-state index >= 15 is 0 Å². The number of benzene rings is 2. The fourth-order valence-electron chi connectivity index (χ4n) is 3.79. The number of aromatic amines is 1. The van der Waals surface area contributed by atoms with Crippen molar-refractivity contribution < 1.29 is 13.5 Å². The molecule has 0 amide bonds. The van der Waals surface area contributed by atoms with Crippen molar-refractivity contribution in [2.75, 3.05) is 6.61 Å². The molecule has 5 nitrogen and oxygen atoms in total. The van der Waals surface area contributed by atoms with Crippen molar-refractivity contribution in [1.82, 2.24) is 9.29 Å². The van der Waals surface area contributed by atoms with Crippen LogP contribution in [-0.2, 0) is 23.0 Å². The molecule has 26 heavy (non-hydrogen) atoms. The van der Waals surface area contributed by atoms with Gasteiger partial charge in [-0.15, -0.1) is 0 Å². The highest BCUT2D eigenvalue weighted by Crippen LogP contribution is 2.34. The van der Waals surface area contributed by atoms with E-state index in [2.05, 4.69) is 4.98 Å². The van der Waals surface area contributed by atoms with Crippen LogP contribution in [0.1, 0.15) is 22.4 Å². The third-order valence-corrected chi connectivity index (χ3v) is 7.24. The van der Waals surface area contributed by atoms with E-state index in [9.17, 15) is 13.5 Å². The molecule has 3 aromatic rings. The molecule has 1 aliphatic heterocycles. The zero-order valence-electron chi connectivity index (χ0n) is 14.9. The molecule has 0 fully saturated rings. The Kier molecular flexibility index (Phi) is 4.14. The van der Waals surface area contributed by atoms with Gasteiger partial charge in [-0.25, -0.2) is 8.42 Å². The third kappa shape index (κ3) is 2.65. The van der Waals surface area contributed by atoms with Gasteiger partial charge < -0.3 is 10.1 Å². The molecule has 0 saturated carbocycles. The lowest BCUT2D eigenvalue weighted by Gasteiger charge is -2.34. The molecule has 0 spiro atoms. The van der Waals surface area contributed by atoms with E-state index in [1.807, 2.05) is 43.3 Å². The van der Waals surface area contributed by atoms with Gasteiger partial charge in [0.15, 0.2) is 0 Å². The summed E-state index contributed by atoms with van der Waals surface area (Å²) in [6.45, 7) is 3.72. The minimum Gasteiger partial charge on any atom is -0.395 e. The molecule has 2 N–H and O–H groups in total. The van der Waals surface area contributed by atoms with Crippen molar-refractivity contribution in [1.29, 1.82) is 0 Å². The van der Waals surface area contributed by atoms with Gasteiger partial charge in [0, 0.05) is 16.6 Å². The maximum absolute atomic E-state index is 13.4. The zero-order chi connectivity index (χ0) is 18.5. The van der Waals surface area contributed by atoms with Gasteiger partial charge in [0.05, 0.1) is 24.1 Å². The van der Waals surface area contributed by atoms with Crippen LogP contribution in [0.15, 0.2) is 47.4 Å². The van der Waals surface area contributed by atoms with Crippen LogP contribution in [0.5, 0.6) is 0 Å². The highest BCUT2D eigenvalue weighted by Gasteiger charge is 2.37. The summed E-state index contributed by atoms with van der Waals surface area (Å²) in [6.07, 6.45) is 0.500. The first-order chi connectivity index (χ1) is 12.4. The molecule has 2 aromatic carbocycles. The van der Waals surface area contributed by atoms with E-state index in [1.165, 1.54) is 4.31 Å². The monoisotopic (exact) mass is 370 g/mol. The quantitative estimate of drug-likeness (QED) is 0.745. The minimum absolute atomic E-state index is 0.205. The van der Waals surface area contributed by atoms with Gasteiger partial charge in [-0.3, -0.25) is 0 Å². The molecule has 0 radical (unpaired) electrons. The number of sulfonamides is 1. The van der Waals surface area contributed by atoms with Gasteiger partial charge in [-0.1, -0.05) is 30.3 Å². The van der Waals surface area contributed by atoms with Crippen molar-refractivity contribution in [3.63, 3.8) is 0 Å². The summed E-state index contributed by atoms with van der Waals surface area (Å²) < 4.78 is 28.1. The topological polar surface area (TPSA) is 73.4 Å². The maximum Gasteiger partial charge on any atom is 0.244 e. The Balaban J connectivity index is 1.82. The Morgan fingerprint density at radius 3 is 2.73 bits per heavy atom. The molecule has 1 atom stereocenters. The van der Waals surface area contributed by atoms with E-state index < -0.39 is 16.1 Å². The Bertz CT molecular complexity index is 1090. The first-order valence-corrected chi connectivity index (χ1v) is 10.1. The number of H-pyrrole nitrogens is 1. The summed E-state index contributed by atoms with van der Waals surface area (Å²) in [4.78, 5) is 3.67. The molecule has 1 aliphatic rings.